The van der Waals surface area contributed by atoms with Gasteiger partial charge in [-0.1, -0.05) is 24.4 Å². The zero-order chi connectivity index (χ0) is 13.7. The van der Waals surface area contributed by atoms with E-state index in [4.69, 9.17) is 18.0 Å². The van der Waals surface area contributed by atoms with Crippen LogP contribution in [0.25, 0.3) is 0 Å². The van der Waals surface area contributed by atoms with Crippen LogP contribution in [0.2, 0.25) is 0 Å². The topological polar surface area (TPSA) is 84.1 Å². The first kappa shape index (κ1) is 13.2. The number of aromatic hydroxyl groups is 1. The third-order valence-electron chi connectivity index (χ3n) is 2.57. The van der Waals surface area contributed by atoms with Crippen molar-refractivity contribution in [2.45, 2.75) is 6.42 Å². The second kappa shape index (κ2) is 6.10. The number of hydrogen-bond donors (Lipinski definition) is 3. The molecule has 0 saturated heterocycles. The Hall–Kier alpha value is -2.21. The van der Waals surface area contributed by atoms with E-state index in [2.05, 4.69) is 15.3 Å². The molecule has 1 heterocycles. The Kier molecular flexibility index (Phi) is 4.25. The summed E-state index contributed by atoms with van der Waals surface area (Å²) < 4.78 is 0. The summed E-state index contributed by atoms with van der Waals surface area (Å²) in [6, 6.07) is 7.08. The van der Waals surface area contributed by atoms with Crippen LogP contribution in [0, 0.1) is 0 Å². The van der Waals surface area contributed by atoms with Crippen molar-refractivity contribution in [2.75, 3.05) is 11.9 Å². The van der Waals surface area contributed by atoms with Crippen LogP contribution in [0.1, 0.15) is 11.3 Å². The van der Waals surface area contributed by atoms with E-state index >= 15 is 0 Å². The predicted molar refractivity (Wildman–Crippen MR) is 78.2 cm³/mol. The number of anilines is 1. The van der Waals surface area contributed by atoms with Crippen LogP contribution >= 0.6 is 12.2 Å². The van der Waals surface area contributed by atoms with Crippen molar-refractivity contribution in [3.8, 4) is 5.75 Å². The Morgan fingerprint density at radius 1 is 1.21 bits per heavy atom. The summed E-state index contributed by atoms with van der Waals surface area (Å²) in [5.41, 5.74) is 7.19. The van der Waals surface area contributed by atoms with Crippen LogP contribution in [-0.2, 0) is 6.42 Å². The molecule has 0 aliphatic rings. The minimum atomic E-state index is 0.222. The van der Waals surface area contributed by atoms with Crippen LogP contribution < -0.4 is 11.1 Å². The lowest BCUT2D eigenvalue weighted by atomic mass is 10.1. The fourth-order valence-electron chi connectivity index (χ4n) is 1.64. The van der Waals surface area contributed by atoms with E-state index in [0.29, 0.717) is 18.1 Å². The quantitative estimate of drug-likeness (QED) is 0.716. The highest BCUT2D eigenvalue weighted by atomic mass is 32.1. The lowest BCUT2D eigenvalue weighted by Crippen LogP contribution is -2.17. The Bertz CT molecular complexity index is 571. The van der Waals surface area contributed by atoms with Crippen LogP contribution in [-0.4, -0.2) is 26.6 Å². The molecular weight excluding hydrogens is 260 g/mol. The molecule has 0 spiro atoms. The van der Waals surface area contributed by atoms with Gasteiger partial charge in [0.05, 0.1) is 0 Å². The molecule has 1 aromatic heterocycles. The van der Waals surface area contributed by atoms with Gasteiger partial charge in [0.15, 0.2) is 5.82 Å². The van der Waals surface area contributed by atoms with Gasteiger partial charge in [-0.05, 0) is 24.1 Å². The van der Waals surface area contributed by atoms with Crippen molar-refractivity contribution in [1.82, 2.24) is 9.97 Å². The average molecular weight is 274 g/mol. The van der Waals surface area contributed by atoms with Gasteiger partial charge in [-0.3, -0.25) is 0 Å². The minimum absolute atomic E-state index is 0.222. The van der Waals surface area contributed by atoms with E-state index in [1.807, 2.05) is 12.1 Å². The maximum atomic E-state index is 9.20. The molecule has 0 unspecified atom stereocenters. The van der Waals surface area contributed by atoms with Gasteiger partial charge < -0.3 is 16.2 Å². The van der Waals surface area contributed by atoms with Gasteiger partial charge in [0.1, 0.15) is 16.4 Å². The van der Waals surface area contributed by atoms with E-state index in [1.54, 1.807) is 24.5 Å². The van der Waals surface area contributed by atoms with E-state index < -0.39 is 0 Å². The summed E-state index contributed by atoms with van der Waals surface area (Å²) in [6.45, 7) is 0.680. The fourth-order valence-corrected chi connectivity index (χ4v) is 1.78. The molecule has 0 aliphatic heterocycles. The molecule has 0 bridgehead atoms. The van der Waals surface area contributed by atoms with Crippen LogP contribution in [0.4, 0.5) is 5.82 Å². The van der Waals surface area contributed by atoms with Gasteiger partial charge in [-0.2, -0.15) is 0 Å². The molecular formula is C13H14N4OS. The molecule has 0 aliphatic carbocycles. The number of nitrogens with one attached hydrogen (secondary N) is 1. The van der Waals surface area contributed by atoms with Gasteiger partial charge >= 0.3 is 0 Å². The Morgan fingerprint density at radius 2 is 1.89 bits per heavy atom. The van der Waals surface area contributed by atoms with Gasteiger partial charge in [-0.25, -0.2) is 9.97 Å². The molecule has 5 nitrogen and oxygen atoms in total. The number of nitrogens with two attached hydrogens (primary N) is 1. The standard InChI is InChI=1S/C13H14N4OS/c14-12(19)11-13(17-8-7-15-11)16-6-5-9-1-3-10(18)4-2-9/h1-4,7-8,18H,5-6H2,(H2,14,19)(H,16,17). The van der Waals surface area contributed by atoms with Crippen LogP contribution in [0.15, 0.2) is 36.7 Å². The third-order valence-corrected chi connectivity index (χ3v) is 2.77. The number of rotatable bonds is 5. The molecule has 2 rings (SSSR count). The highest BCUT2D eigenvalue weighted by Crippen LogP contribution is 2.11. The maximum absolute atomic E-state index is 9.20. The monoisotopic (exact) mass is 274 g/mol. The molecule has 0 saturated carbocycles. The first-order valence-corrected chi connectivity index (χ1v) is 6.20. The van der Waals surface area contributed by atoms with Crippen molar-refractivity contribution in [3.05, 3.63) is 47.9 Å². The Balaban J connectivity index is 1.96. The van der Waals surface area contributed by atoms with Crippen molar-refractivity contribution in [3.63, 3.8) is 0 Å². The largest absolute Gasteiger partial charge is 0.508 e. The molecule has 0 radical (unpaired) electrons. The number of nitrogens with zero attached hydrogens (tertiary/aromatic N) is 2. The van der Waals surface area contributed by atoms with Gasteiger partial charge in [0, 0.05) is 18.9 Å². The van der Waals surface area contributed by atoms with Crippen molar-refractivity contribution in [1.29, 1.82) is 0 Å². The van der Waals surface area contributed by atoms with Gasteiger partial charge in [-0.15, -0.1) is 0 Å². The number of thiocarbonyl (C=S) groups is 1. The summed E-state index contributed by atoms with van der Waals surface area (Å²) >= 11 is 4.92. The van der Waals surface area contributed by atoms with Crippen molar-refractivity contribution in [2.24, 2.45) is 5.73 Å². The average Bonchev–Trinajstić information content (AvgIpc) is 2.41. The molecule has 0 atom stereocenters. The Morgan fingerprint density at radius 3 is 2.58 bits per heavy atom. The zero-order valence-corrected chi connectivity index (χ0v) is 11.0. The molecule has 2 aromatic rings. The minimum Gasteiger partial charge on any atom is -0.508 e. The normalized spacial score (nSPS) is 10.1. The highest BCUT2D eigenvalue weighted by molar-refractivity contribution is 7.80. The van der Waals surface area contributed by atoms with Crippen molar-refractivity contribution >= 4 is 23.0 Å². The lowest BCUT2D eigenvalue weighted by molar-refractivity contribution is 0.475. The zero-order valence-electron chi connectivity index (χ0n) is 10.2. The summed E-state index contributed by atoms with van der Waals surface area (Å²) in [5, 5.41) is 12.3. The molecule has 4 N–H and O–H groups in total. The summed E-state index contributed by atoms with van der Waals surface area (Å²) in [5.74, 6) is 0.857. The number of phenols is 1. The third kappa shape index (κ3) is 3.62. The molecule has 19 heavy (non-hydrogen) atoms. The van der Waals surface area contributed by atoms with Crippen LogP contribution in [0.5, 0.6) is 5.75 Å². The summed E-state index contributed by atoms with van der Waals surface area (Å²) in [6.07, 6.45) is 3.94. The van der Waals surface area contributed by atoms with Crippen molar-refractivity contribution < 1.29 is 5.11 Å². The maximum Gasteiger partial charge on any atom is 0.155 e. The van der Waals surface area contributed by atoms with E-state index in [-0.39, 0.29) is 10.7 Å². The first-order valence-electron chi connectivity index (χ1n) is 5.79. The number of phenolic OH excluding ortho intramolecular Hbond substituents is 1. The molecule has 98 valence electrons. The summed E-state index contributed by atoms with van der Waals surface area (Å²) in [4.78, 5) is 8.48. The second-order valence-electron chi connectivity index (χ2n) is 3.96. The molecule has 0 fully saturated rings. The second-order valence-corrected chi connectivity index (χ2v) is 4.40. The number of hydrogen-bond acceptors (Lipinski definition) is 5. The highest BCUT2D eigenvalue weighted by Gasteiger charge is 2.06. The van der Waals surface area contributed by atoms with Crippen LogP contribution in [0.3, 0.4) is 0 Å². The smallest absolute Gasteiger partial charge is 0.155 e. The fraction of sp³-hybridized carbons (Fsp3) is 0.154. The first-order chi connectivity index (χ1) is 9.16. The van der Waals surface area contributed by atoms with E-state index in [1.165, 1.54) is 0 Å². The summed E-state index contributed by atoms with van der Waals surface area (Å²) in [7, 11) is 0. The lowest BCUT2D eigenvalue weighted by Gasteiger charge is -2.08. The number of aromatic nitrogens is 2. The van der Waals surface area contributed by atoms with E-state index in [0.717, 1.165) is 12.0 Å². The molecule has 6 heteroatoms. The number of benzene rings is 1. The Labute approximate surface area is 116 Å². The molecule has 0 amide bonds. The van der Waals surface area contributed by atoms with Gasteiger partial charge in [0.25, 0.3) is 0 Å². The van der Waals surface area contributed by atoms with E-state index in [9.17, 15) is 5.11 Å². The van der Waals surface area contributed by atoms with Gasteiger partial charge in [0.2, 0.25) is 0 Å². The predicted octanol–water partition coefficient (Wildman–Crippen LogP) is 1.47. The molecule has 1 aromatic carbocycles. The SMILES string of the molecule is NC(=S)c1nccnc1NCCc1ccc(O)cc1.